The normalized spacial score (nSPS) is 10.5. The maximum absolute atomic E-state index is 4.34. The van der Waals surface area contributed by atoms with Crippen molar-refractivity contribution in [3.63, 3.8) is 0 Å². The van der Waals surface area contributed by atoms with E-state index in [1.807, 2.05) is 24.4 Å². The standard InChI is InChI=1S/C17H20N2/c1-13(2)12-19-14(3)15-7-9-16(10-8-15)17-6-4-5-11-18-17/h4-11,13,19H,3,12H2,1-2H3. The summed E-state index contributed by atoms with van der Waals surface area (Å²) in [5.41, 5.74) is 4.22. The van der Waals surface area contributed by atoms with Gasteiger partial charge in [0, 0.05) is 24.0 Å². The third kappa shape index (κ3) is 3.68. The van der Waals surface area contributed by atoms with Crippen molar-refractivity contribution in [2.75, 3.05) is 6.54 Å². The molecule has 2 aromatic rings. The highest BCUT2D eigenvalue weighted by molar-refractivity contribution is 5.66. The lowest BCUT2D eigenvalue weighted by Crippen LogP contribution is -2.17. The lowest BCUT2D eigenvalue weighted by molar-refractivity contribution is 0.618. The van der Waals surface area contributed by atoms with E-state index >= 15 is 0 Å². The number of pyridine rings is 1. The largest absolute Gasteiger partial charge is 0.385 e. The summed E-state index contributed by atoms with van der Waals surface area (Å²) in [5, 5.41) is 3.35. The molecule has 0 atom stereocenters. The van der Waals surface area contributed by atoms with E-state index in [4.69, 9.17) is 0 Å². The molecule has 2 nitrogen and oxygen atoms in total. The first-order valence-corrected chi connectivity index (χ1v) is 6.61. The summed E-state index contributed by atoms with van der Waals surface area (Å²) in [5.74, 6) is 0.615. The number of rotatable bonds is 5. The summed E-state index contributed by atoms with van der Waals surface area (Å²) >= 11 is 0. The molecule has 1 heterocycles. The lowest BCUT2D eigenvalue weighted by Gasteiger charge is -2.12. The average molecular weight is 252 g/mol. The van der Waals surface area contributed by atoms with Gasteiger partial charge in [0.05, 0.1) is 5.69 Å². The predicted octanol–water partition coefficient (Wildman–Crippen LogP) is 3.96. The highest BCUT2D eigenvalue weighted by atomic mass is 14.9. The van der Waals surface area contributed by atoms with E-state index in [0.29, 0.717) is 5.92 Å². The van der Waals surface area contributed by atoms with Crippen molar-refractivity contribution >= 4 is 5.70 Å². The van der Waals surface area contributed by atoms with Crippen LogP contribution in [0.4, 0.5) is 0 Å². The van der Waals surface area contributed by atoms with Gasteiger partial charge in [-0.25, -0.2) is 0 Å². The third-order valence-corrected chi connectivity index (χ3v) is 2.92. The Labute approximate surface area is 115 Å². The molecule has 2 rings (SSSR count). The lowest BCUT2D eigenvalue weighted by atomic mass is 10.1. The van der Waals surface area contributed by atoms with Gasteiger partial charge in [0.15, 0.2) is 0 Å². The van der Waals surface area contributed by atoms with E-state index in [-0.39, 0.29) is 0 Å². The second-order valence-electron chi connectivity index (χ2n) is 5.05. The van der Waals surface area contributed by atoms with Crippen LogP contribution in [-0.4, -0.2) is 11.5 Å². The maximum atomic E-state index is 4.34. The second-order valence-corrected chi connectivity index (χ2v) is 5.05. The topological polar surface area (TPSA) is 24.9 Å². The summed E-state index contributed by atoms with van der Waals surface area (Å²) in [6.07, 6.45) is 1.81. The summed E-state index contributed by atoms with van der Waals surface area (Å²) in [4.78, 5) is 4.34. The molecule has 0 radical (unpaired) electrons. The van der Waals surface area contributed by atoms with Gasteiger partial charge in [-0.2, -0.15) is 0 Å². The zero-order valence-corrected chi connectivity index (χ0v) is 11.6. The van der Waals surface area contributed by atoms with Gasteiger partial charge in [0.25, 0.3) is 0 Å². The van der Waals surface area contributed by atoms with Crippen LogP contribution in [0.2, 0.25) is 0 Å². The molecule has 0 bridgehead atoms. The fraction of sp³-hybridized carbons (Fsp3) is 0.235. The number of nitrogens with one attached hydrogen (secondary N) is 1. The van der Waals surface area contributed by atoms with Crippen LogP contribution in [0.25, 0.3) is 17.0 Å². The Bertz CT molecular complexity index is 527. The van der Waals surface area contributed by atoms with Crippen LogP contribution in [0.15, 0.2) is 55.2 Å². The predicted molar refractivity (Wildman–Crippen MR) is 81.5 cm³/mol. The number of hydrogen-bond acceptors (Lipinski definition) is 2. The maximum Gasteiger partial charge on any atom is 0.0701 e. The van der Waals surface area contributed by atoms with Crippen molar-refractivity contribution in [2.24, 2.45) is 5.92 Å². The Morgan fingerprint density at radius 2 is 1.89 bits per heavy atom. The van der Waals surface area contributed by atoms with Gasteiger partial charge < -0.3 is 5.32 Å². The number of aromatic nitrogens is 1. The van der Waals surface area contributed by atoms with Gasteiger partial charge in [0.2, 0.25) is 0 Å². The summed E-state index contributed by atoms with van der Waals surface area (Å²) in [7, 11) is 0. The molecule has 1 aromatic carbocycles. The fourth-order valence-electron chi connectivity index (χ4n) is 1.81. The van der Waals surface area contributed by atoms with Crippen molar-refractivity contribution in [3.8, 4) is 11.3 Å². The molecule has 0 fully saturated rings. The Hall–Kier alpha value is -2.09. The van der Waals surface area contributed by atoms with Crippen LogP contribution in [0.3, 0.4) is 0 Å². The SMILES string of the molecule is C=C(NCC(C)C)c1ccc(-c2ccccn2)cc1. The molecule has 0 saturated carbocycles. The smallest absolute Gasteiger partial charge is 0.0701 e. The van der Waals surface area contributed by atoms with Crippen molar-refractivity contribution in [1.82, 2.24) is 10.3 Å². The van der Waals surface area contributed by atoms with E-state index in [2.05, 4.69) is 55.0 Å². The summed E-state index contributed by atoms with van der Waals surface area (Å²) in [6.45, 7) is 9.39. The molecule has 0 saturated heterocycles. The van der Waals surface area contributed by atoms with Crippen LogP contribution in [-0.2, 0) is 0 Å². The Balaban J connectivity index is 2.08. The number of hydrogen-bond donors (Lipinski definition) is 1. The molecule has 0 spiro atoms. The average Bonchev–Trinajstić information content (AvgIpc) is 2.46. The second kappa shape index (κ2) is 6.19. The quantitative estimate of drug-likeness (QED) is 0.871. The molecule has 19 heavy (non-hydrogen) atoms. The minimum atomic E-state index is 0.615. The van der Waals surface area contributed by atoms with E-state index in [9.17, 15) is 0 Å². The molecule has 0 aliphatic rings. The molecule has 0 aliphatic heterocycles. The first kappa shape index (κ1) is 13.3. The minimum Gasteiger partial charge on any atom is -0.385 e. The van der Waals surface area contributed by atoms with Gasteiger partial charge in [-0.1, -0.05) is 50.8 Å². The monoisotopic (exact) mass is 252 g/mol. The molecule has 1 aromatic heterocycles. The fourth-order valence-corrected chi connectivity index (χ4v) is 1.81. The Kier molecular flexibility index (Phi) is 4.35. The Morgan fingerprint density at radius 1 is 1.16 bits per heavy atom. The van der Waals surface area contributed by atoms with Gasteiger partial charge in [0.1, 0.15) is 0 Å². The van der Waals surface area contributed by atoms with Crippen LogP contribution in [0.1, 0.15) is 19.4 Å². The molecular formula is C17H20N2. The highest BCUT2D eigenvalue weighted by Crippen LogP contribution is 2.19. The van der Waals surface area contributed by atoms with Crippen molar-refractivity contribution in [3.05, 3.63) is 60.8 Å². The number of benzene rings is 1. The van der Waals surface area contributed by atoms with E-state index in [0.717, 1.165) is 29.1 Å². The summed E-state index contributed by atoms with van der Waals surface area (Å²) < 4.78 is 0. The van der Waals surface area contributed by atoms with E-state index < -0.39 is 0 Å². The van der Waals surface area contributed by atoms with Crippen molar-refractivity contribution in [2.45, 2.75) is 13.8 Å². The van der Waals surface area contributed by atoms with E-state index in [1.54, 1.807) is 0 Å². The summed E-state index contributed by atoms with van der Waals surface area (Å²) in [6, 6.07) is 14.3. The molecule has 2 heteroatoms. The molecule has 0 amide bonds. The first-order chi connectivity index (χ1) is 9.16. The molecule has 0 aliphatic carbocycles. The van der Waals surface area contributed by atoms with Gasteiger partial charge in [-0.15, -0.1) is 0 Å². The van der Waals surface area contributed by atoms with E-state index in [1.165, 1.54) is 0 Å². The van der Waals surface area contributed by atoms with Crippen molar-refractivity contribution in [1.29, 1.82) is 0 Å². The van der Waals surface area contributed by atoms with Gasteiger partial charge in [-0.3, -0.25) is 4.98 Å². The van der Waals surface area contributed by atoms with Gasteiger partial charge in [-0.05, 0) is 23.6 Å². The third-order valence-electron chi connectivity index (χ3n) is 2.92. The van der Waals surface area contributed by atoms with Gasteiger partial charge >= 0.3 is 0 Å². The zero-order valence-electron chi connectivity index (χ0n) is 11.6. The highest BCUT2D eigenvalue weighted by Gasteiger charge is 2.02. The molecule has 0 unspecified atom stereocenters. The molecule has 98 valence electrons. The van der Waals surface area contributed by atoms with Crippen LogP contribution >= 0.6 is 0 Å². The number of nitrogens with zero attached hydrogens (tertiary/aromatic N) is 1. The van der Waals surface area contributed by atoms with Crippen molar-refractivity contribution < 1.29 is 0 Å². The zero-order chi connectivity index (χ0) is 13.7. The Morgan fingerprint density at radius 3 is 2.47 bits per heavy atom. The minimum absolute atomic E-state index is 0.615. The van der Waals surface area contributed by atoms with Crippen LogP contribution < -0.4 is 5.32 Å². The first-order valence-electron chi connectivity index (χ1n) is 6.61. The molecule has 1 N–H and O–H groups in total. The van der Waals surface area contributed by atoms with Crippen LogP contribution in [0, 0.1) is 5.92 Å². The molecular weight excluding hydrogens is 232 g/mol. The van der Waals surface area contributed by atoms with Crippen LogP contribution in [0.5, 0.6) is 0 Å².